The van der Waals surface area contributed by atoms with Crippen molar-refractivity contribution in [1.82, 2.24) is 4.98 Å². The number of hydrogen-bond donors (Lipinski definition) is 0. The van der Waals surface area contributed by atoms with Gasteiger partial charge in [-0.1, -0.05) is 17.7 Å². The first-order valence-corrected chi connectivity index (χ1v) is 4.40. The van der Waals surface area contributed by atoms with E-state index in [1.807, 2.05) is 19.1 Å². The third-order valence-electron chi connectivity index (χ3n) is 1.24. The summed E-state index contributed by atoms with van der Waals surface area (Å²) >= 11 is 7.50. The van der Waals surface area contributed by atoms with Gasteiger partial charge in [0.15, 0.2) is 5.56 Å². The summed E-state index contributed by atoms with van der Waals surface area (Å²) in [5.41, 5.74) is 1.41. The molecule has 1 unspecified atom stereocenters. The highest BCUT2D eigenvalue weighted by molar-refractivity contribution is 14.1. The maximum Gasteiger partial charge on any atom is 0.185 e. The molecule has 0 saturated carbocycles. The van der Waals surface area contributed by atoms with E-state index in [4.69, 9.17) is 14.7 Å². The molecule has 0 aliphatic rings. The minimum absolute atomic E-state index is 0.448. The zero-order valence-electron chi connectivity index (χ0n) is 5.92. The number of nitrogens with zero attached hydrogens (tertiary/aromatic N) is 1. The largest absolute Gasteiger partial charge is 0.290 e. The van der Waals surface area contributed by atoms with E-state index >= 15 is 0 Å². The van der Waals surface area contributed by atoms with Crippen LogP contribution >= 0.6 is 34.6 Å². The van der Waals surface area contributed by atoms with Crippen LogP contribution in [0.25, 0.3) is 0 Å². The van der Waals surface area contributed by atoms with Crippen molar-refractivity contribution in [2.45, 2.75) is 12.5 Å². The smallest absolute Gasteiger partial charge is 0.185 e. The first-order chi connectivity index (χ1) is 5.24. The van der Waals surface area contributed by atoms with Crippen molar-refractivity contribution in [3.05, 3.63) is 29.6 Å². The van der Waals surface area contributed by atoms with Gasteiger partial charge in [0.1, 0.15) is 23.0 Å². The van der Waals surface area contributed by atoms with Crippen LogP contribution in [0.1, 0.15) is 16.8 Å². The fraction of sp³-hybridized carbons (Fsp3) is 0.286. The van der Waals surface area contributed by atoms with Gasteiger partial charge in [-0.15, -0.1) is 0 Å². The van der Waals surface area contributed by atoms with E-state index in [9.17, 15) is 0 Å². The van der Waals surface area contributed by atoms with Gasteiger partial charge in [-0.25, -0.2) is 0 Å². The van der Waals surface area contributed by atoms with Crippen LogP contribution in [0.15, 0.2) is 18.3 Å². The number of aromatic nitrogens is 1. The van der Waals surface area contributed by atoms with E-state index in [0.29, 0.717) is 0 Å². The summed E-state index contributed by atoms with van der Waals surface area (Å²) in [6.07, 6.45) is 1.76. The zero-order chi connectivity index (χ0) is 8.27. The van der Waals surface area contributed by atoms with E-state index in [1.54, 1.807) is 29.2 Å². The second-order valence-electron chi connectivity index (χ2n) is 2.17. The highest BCUT2D eigenvalue weighted by Crippen LogP contribution is 2.21. The topological polar surface area (TPSA) is 22.1 Å². The van der Waals surface area contributed by atoms with Gasteiger partial charge in [-0.05, 0) is 18.6 Å². The molecule has 1 rings (SSSR count). The van der Waals surface area contributed by atoms with Gasteiger partial charge < -0.3 is 0 Å². The van der Waals surface area contributed by atoms with Gasteiger partial charge in [0.05, 0.1) is 5.69 Å². The van der Waals surface area contributed by atoms with Crippen LogP contribution < -0.4 is 0 Å². The van der Waals surface area contributed by atoms with Crippen LogP contribution in [-0.4, -0.2) is 4.98 Å². The number of aryl methyl sites for hydroxylation is 1. The third-order valence-corrected chi connectivity index (χ3v) is 2.37. The van der Waals surface area contributed by atoms with Crippen molar-refractivity contribution in [3.63, 3.8) is 0 Å². The lowest BCUT2D eigenvalue weighted by molar-refractivity contribution is 0.388. The minimum atomic E-state index is -0.448. The van der Waals surface area contributed by atoms with Gasteiger partial charge in [-0.3, -0.25) is 8.05 Å². The molecule has 0 N–H and O–H groups in total. The molecule has 60 valence electrons. The van der Waals surface area contributed by atoms with Gasteiger partial charge in [0.2, 0.25) is 0 Å². The number of alkyl halides is 1. The Balaban J connectivity index is 2.81. The maximum atomic E-state index is 5.75. The summed E-state index contributed by atoms with van der Waals surface area (Å²) in [6, 6.07) is 3.80. The average Bonchev–Trinajstić information content (AvgIpc) is 2.05. The Morgan fingerprint density at radius 1 is 1.64 bits per heavy atom. The van der Waals surface area contributed by atoms with Crippen LogP contribution in [-0.2, 0) is 3.07 Å². The predicted molar refractivity (Wildman–Crippen MR) is 52.7 cm³/mol. The van der Waals surface area contributed by atoms with E-state index < -0.39 is 5.56 Å². The SMILES string of the molecule is Cc1ccc(C(Cl)OI)nc1. The summed E-state index contributed by atoms with van der Waals surface area (Å²) < 4.78 is 4.85. The van der Waals surface area contributed by atoms with Crippen LogP contribution in [0.3, 0.4) is 0 Å². The third kappa shape index (κ3) is 2.57. The second-order valence-corrected chi connectivity index (χ2v) is 3.07. The fourth-order valence-electron chi connectivity index (χ4n) is 0.659. The molecule has 1 heterocycles. The monoisotopic (exact) mass is 283 g/mol. The summed E-state index contributed by atoms with van der Waals surface area (Å²) in [6.45, 7) is 1.98. The molecule has 0 amide bonds. The zero-order valence-corrected chi connectivity index (χ0v) is 8.83. The molecule has 0 spiro atoms. The summed E-state index contributed by atoms with van der Waals surface area (Å²) in [4.78, 5) is 4.09. The van der Waals surface area contributed by atoms with Crippen molar-refractivity contribution < 1.29 is 3.07 Å². The Morgan fingerprint density at radius 2 is 2.36 bits per heavy atom. The molecule has 1 atom stereocenters. The standard InChI is InChI=1S/C7H7ClINO/c1-5-2-3-6(10-4-5)7(8)11-9/h2-4,7H,1H3. The van der Waals surface area contributed by atoms with Gasteiger partial charge in [-0.2, -0.15) is 0 Å². The molecule has 0 radical (unpaired) electrons. The van der Waals surface area contributed by atoms with E-state index in [1.165, 1.54) is 0 Å². The average molecular weight is 283 g/mol. The molecule has 0 saturated heterocycles. The van der Waals surface area contributed by atoms with Gasteiger partial charge in [0.25, 0.3) is 0 Å². The van der Waals surface area contributed by atoms with Crippen LogP contribution in [0.4, 0.5) is 0 Å². The van der Waals surface area contributed by atoms with Crippen molar-refractivity contribution >= 4 is 34.6 Å². The highest BCUT2D eigenvalue weighted by atomic mass is 127. The van der Waals surface area contributed by atoms with E-state index in [2.05, 4.69) is 4.98 Å². The van der Waals surface area contributed by atoms with Crippen molar-refractivity contribution in [3.8, 4) is 0 Å². The lowest BCUT2D eigenvalue weighted by Crippen LogP contribution is -1.92. The number of halogens is 2. The number of hydrogen-bond acceptors (Lipinski definition) is 2. The molecule has 11 heavy (non-hydrogen) atoms. The quantitative estimate of drug-likeness (QED) is 0.615. The molecule has 4 heteroatoms. The molecule has 0 aliphatic heterocycles. The Labute approximate surface area is 84.6 Å². The molecule has 2 nitrogen and oxygen atoms in total. The molecule has 1 aromatic rings. The molecule has 0 aliphatic carbocycles. The molecule has 1 aromatic heterocycles. The maximum absolute atomic E-state index is 5.75. The lowest BCUT2D eigenvalue weighted by atomic mass is 10.3. The Kier molecular flexibility index (Phi) is 3.54. The van der Waals surface area contributed by atoms with Crippen LogP contribution in [0, 0.1) is 6.92 Å². The molecule has 0 fully saturated rings. The van der Waals surface area contributed by atoms with Crippen molar-refractivity contribution in [2.75, 3.05) is 0 Å². The van der Waals surface area contributed by atoms with Crippen molar-refractivity contribution in [2.24, 2.45) is 0 Å². The fourth-order valence-corrected chi connectivity index (χ4v) is 1.05. The van der Waals surface area contributed by atoms with E-state index in [0.717, 1.165) is 11.3 Å². The first kappa shape index (κ1) is 9.22. The normalized spacial score (nSPS) is 13.0. The minimum Gasteiger partial charge on any atom is -0.290 e. The van der Waals surface area contributed by atoms with Crippen LogP contribution in [0.2, 0.25) is 0 Å². The summed E-state index contributed by atoms with van der Waals surface area (Å²) in [5, 5.41) is 0. The number of pyridine rings is 1. The second kappa shape index (κ2) is 4.23. The Morgan fingerprint density at radius 3 is 2.82 bits per heavy atom. The molecular formula is C7H7ClINO. The first-order valence-electron chi connectivity index (χ1n) is 3.08. The Hall–Kier alpha value is 0.130. The predicted octanol–water partition coefficient (Wildman–Crippen LogP) is 2.99. The van der Waals surface area contributed by atoms with Gasteiger partial charge >= 0.3 is 0 Å². The number of rotatable bonds is 2. The van der Waals surface area contributed by atoms with Gasteiger partial charge in [0, 0.05) is 6.20 Å². The Bertz CT molecular complexity index is 226. The lowest BCUT2D eigenvalue weighted by Gasteiger charge is -2.03. The summed E-state index contributed by atoms with van der Waals surface area (Å²) in [7, 11) is 0. The molecular weight excluding hydrogens is 276 g/mol. The highest BCUT2D eigenvalue weighted by Gasteiger charge is 2.06. The van der Waals surface area contributed by atoms with Crippen LogP contribution in [0.5, 0.6) is 0 Å². The molecule has 0 aromatic carbocycles. The summed E-state index contributed by atoms with van der Waals surface area (Å²) in [5.74, 6) is 0. The molecule has 0 bridgehead atoms. The van der Waals surface area contributed by atoms with E-state index in [-0.39, 0.29) is 0 Å². The van der Waals surface area contributed by atoms with Crippen molar-refractivity contribution in [1.29, 1.82) is 0 Å².